The van der Waals surface area contributed by atoms with Gasteiger partial charge in [0.2, 0.25) is 0 Å². The lowest BCUT2D eigenvalue weighted by Gasteiger charge is -2.12. The smallest absolute Gasteiger partial charge is 0.339 e. The van der Waals surface area contributed by atoms with Crippen LogP contribution in [0.3, 0.4) is 0 Å². The Hall–Kier alpha value is -3.83. The van der Waals surface area contributed by atoms with Gasteiger partial charge in [-0.25, -0.2) is 14.2 Å². The van der Waals surface area contributed by atoms with Gasteiger partial charge in [0, 0.05) is 16.5 Å². The fourth-order valence-electron chi connectivity index (χ4n) is 4.25. The van der Waals surface area contributed by atoms with Gasteiger partial charge in [-0.05, 0) is 48.3 Å². The number of carbonyl (C=O) groups excluding carboxylic acids is 2. The van der Waals surface area contributed by atoms with Crippen LogP contribution in [-0.2, 0) is 11.2 Å². The van der Waals surface area contributed by atoms with Crippen LogP contribution < -0.4 is 0 Å². The fourth-order valence-corrected chi connectivity index (χ4v) is 4.46. The van der Waals surface area contributed by atoms with Gasteiger partial charge in [-0.1, -0.05) is 66.2 Å². The number of hydrogen-bond donors (Lipinski definition) is 0. The normalized spacial score (nSPS) is 13.8. The maximum atomic E-state index is 14.4. The van der Waals surface area contributed by atoms with Crippen molar-refractivity contribution in [3.63, 3.8) is 0 Å². The average molecular weight is 472 g/mol. The summed E-state index contributed by atoms with van der Waals surface area (Å²) in [6.07, 6.45) is 2.81. The zero-order valence-corrected chi connectivity index (χ0v) is 18.8. The third-order valence-electron chi connectivity index (χ3n) is 5.89. The molecule has 34 heavy (non-hydrogen) atoms. The third kappa shape index (κ3) is 4.11. The molecule has 0 radical (unpaired) electrons. The first-order valence-electron chi connectivity index (χ1n) is 10.8. The Bertz CT molecular complexity index is 1440. The third-order valence-corrected chi connectivity index (χ3v) is 6.22. The number of halogens is 2. The summed E-state index contributed by atoms with van der Waals surface area (Å²) in [5, 5.41) is 0.962. The maximum absolute atomic E-state index is 14.4. The Balaban J connectivity index is 1.54. The van der Waals surface area contributed by atoms with E-state index in [4.69, 9.17) is 21.3 Å². The topological polar surface area (TPSA) is 56.3 Å². The molecule has 1 aromatic heterocycles. The summed E-state index contributed by atoms with van der Waals surface area (Å²) in [4.78, 5) is 30.4. The molecule has 3 aromatic carbocycles. The van der Waals surface area contributed by atoms with Gasteiger partial charge in [0.15, 0.2) is 12.4 Å². The standard InChI is InChI=1S/C28H19ClFNO3/c29-22-10-6-11-23(30)21(22)15-18-13-14-20-26(19-9-4-5-12-24(19)31-27(18)20)28(33)34-16-25(32)17-7-2-1-3-8-17/h1-12,15H,13-14,16H2. The molecule has 168 valence electrons. The van der Waals surface area contributed by atoms with Crippen molar-refractivity contribution in [1.82, 2.24) is 4.98 Å². The molecule has 0 aliphatic heterocycles. The van der Waals surface area contributed by atoms with Gasteiger partial charge in [0.05, 0.1) is 21.8 Å². The predicted molar refractivity (Wildman–Crippen MR) is 130 cm³/mol. The number of rotatable bonds is 5. The minimum atomic E-state index is -0.579. The number of Topliss-reactive ketones (excluding diaryl/α,β-unsaturated/α-hetero) is 1. The number of hydrogen-bond acceptors (Lipinski definition) is 4. The van der Waals surface area contributed by atoms with Crippen molar-refractivity contribution in [3.8, 4) is 0 Å². The van der Waals surface area contributed by atoms with Crippen molar-refractivity contribution in [3.05, 3.63) is 112 Å². The van der Waals surface area contributed by atoms with Gasteiger partial charge in [-0.15, -0.1) is 0 Å². The molecular formula is C28H19ClFNO3. The molecule has 4 nitrogen and oxygen atoms in total. The van der Waals surface area contributed by atoms with Gasteiger partial charge >= 0.3 is 5.97 Å². The first-order valence-corrected chi connectivity index (χ1v) is 11.2. The molecule has 1 aliphatic rings. The summed E-state index contributed by atoms with van der Waals surface area (Å²) in [5.41, 5.74) is 3.93. The van der Waals surface area contributed by atoms with Crippen molar-refractivity contribution in [2.24, 2.45) is 0 Å². The highest BCUT2D eigenvalue weighted by Crippen LogP contribution is 2.38. The number of ketones is 1. The van der Waals surface area contributed by atoms with Crippen molar-refractivity contribution in [1.29, 1.82) is 0 Å². The van der Waals surface area contributed by atoms with Crippen molar-refractivity contribution in [2.45, 2.75) is 12.8 Å². The number of allylic oxidation sites excluding steroid dienone is 1. The first kappa shape index (κ1) is 22.0. The van der Waals surface area contributed by atoms with Crippen molar-refractivity contribution in [2.75, 3.05) is 6.61 Å². The van der Waals surface area contributed by atoms with Crippen LogP contribution in [0.2, 0.25) is 5.02 Å². The van der Waals surface area contributed by atoms with Crippen molar-refractivity contribution < 1.29 is 18.7 Å². The predicted octanol–water partition coefficient (Wildman–Crippen LogP) is 6.55. The van der Waals surface area contributed by atoms with Crippen LogP contribution in [0.5, 0.6) is 0 Å². The van der Waals surface area contributed by atoms with E-state index in [0.717, 1.165) is 11.1 Å². The zero-order valence-electron chi connectivity index (χ0n) is 18.1. The van der Waals surface area contributed by atoms with Gasteiger partial charge in [0.1, 0.15) is 5.82 Å². The molecule has 0 N–H and O–H groups in total. The highest BCUT2D eigenvalue weighted by atomic mass is 35.5. The highest BCUT2D eigenvalue weighted by Gasteiger charge is 2.28. The van der Waals surface area contributed by atoms with E-state index in [9.17, 15) is 14.0 Å². The molecule has 5 rings (SSSR count). The molecule has 0 unspecified atom stereocenters. The van der Waals surface area contributed by atoms with E-state index >= 15 is 0 Å². The van der Waals surface area contributed by atoms with E-state index < -0.39 is 11.8 Å². The molecule has 4 aromatic rings. The van der Waals surface area contributed by atoms with Gasteiger partial charge < -0.3 is 4.74 Å². The Kier molecular flexibility index (Phi) is 5.95. The van der Waals surface area contributed by atoms with E-state index in [1.807, 2.05) is 30.3 Å². The van der Waals surface area contributed by atoms with Crippen LogP contribution >= 0.6 is 11.6 Å². The summed E-state index contributed by atoms with van der Waals surface area (Å²) in [7, 11) is 0. The zero-order chi connectivity index (χ0) is 23.7. The molecule has 0 amide bonds. The number of ether oxygens (including phenoxy) is 1. The number of pyridine rings is 1. The van der Waals surface area contributed by atoms with Crippen LogP contribution in [0.15, 0.2) is 72.8 Å². The van der Waals surface area contributed by atoms with E-state index in [1.165, 1.54) is 6.07 Å². The quantitative estimate of drug-likeness (QED) is 0.244. The minimum Gasteiger partial charge on any atom is -0.454 e. The SMILES string of the molecule is O=C(COC(=O)c1c2c(nc3ccccc13)C(=Cc1c(F)cccc1Cl)CC2)c1ccccc1. The molecule has 0 saturated heterocycles. The number of esters is 1. The molecule has 1 aliphatic carbocycles. The second-order valence-electron chi connectivity index (χ2n) is 8.00. The molecule has 0 spiro atoms. The number of carbonyl (C=O) groups is 2. The second kappa shape index (κ2) is 9.20. The lowest BCUT2D eigenvalue weighted by atomic mass is 10.0. The molecule has 0 fully saturated rings. The molecular weight excluding hydrogens is 453 g/mol. The van der Waals surface area contributed by atoms with E-state index in [1.54, 1.807) is 42.5 Å². The molecule has 1 heterocycles. The van der Waals surface area contributed by atoms with E-state index in [0.29, 0.717) is 51.2 Å². The Morgan fingerprint density at radius 3 is 2.53 bits per heavy atom. The number of para-hydroxylation sites is 1. The number of benzene rings is 3. The number of nitrogens with zero attached hydrogens (tertiary/aromatic N) is 1. The van der Waals surface area contributed by atoms with Crippen LogP contribution in [0.25, 0.3) is 22.6 Å². The number of aromatic nitrogens is 1. The highest BCUT2D eigenvalue weighted by molar-refractivity contribution is 6.32. The largest absolute Gasteiger partial charge is 0.454 e. The van der Waals surface area contributed by atoms with E-state index in [2.05, 4.69) is 0 Å². The van der Waals surface area contributed by atoms with Gasteiger partial charge in [-0.3, -0.25) is 4.79 Å². The Morgan fingerprint density at radius 1 is 0.971 bits per heavy atom. The number of fused-ring (bicyclic) bond motifs is 2. The summed E-state index contributed by atoms with van der Waals surface area (Å²) in [5.74, 6) is -1.28. The summed E-state index contributed by atoms with van der Waals surface area (Å²) in [6, 6.07) is 20.5. The first-order chi connectivity index (χ1) is 16.5. The van der Waals surface area contributed by atoms with Crippen LogP contribution in [0, 0.1) is 5.82 Å². The molecule has 0 atom stereocenters. The van der Waals surface area contributed by atoms with Crippen LogP contribution in [0.4, 0.5) is 4.39 Å². The Labute approximate surface area is 200 Å². The summed E-state index contributed by atoms with van der Waals surface area (Å²) >= 11 is 6.22. The van der Waals surface area contributed by atoms with Crippen LogP contribution in [-0.4, -0.2) is 23.3 Å². The van der Waals surface area contributed by atoms with Crippen molar-refractivity contribution >= 4 is 45.9 Å². The maximum Gasteiger partial charge on any atom is 0.339 e. The lowest BCUT2D eigenvalue weighted by molar-refractivity contribution is 0.0475. The lowest BCUT2D eigenvalue weighted by Crippen LogP contribution is -2.16. The Morgan fingerprint density at radius 2 is 1.74 bits per heavy atom. The summed E-state index contributed by atoms with van der Waals surface area (Å²) < 4.78 is 19.9. The molecule has 6 heteroatoms. The minimum absolute atomic E-state index is 0.279. The molecule has 0 bridgehead atoms. The van der Waals surface area contributed by atoms with E-state index in [-0.39, 0.29) is 12.4 Å². The average Bonchev–Trinajstić information content (AvgIpc) is 3.25. The monoisotopic (exact) mass is 471 g/mol. The van der Waals surface area contributed by atoms with Gasteiger partial charge in [0.25, 0.3) is 0 Å². The fraction of sp³-hybridized carbons (Fsp3) is 0.107. The second-order valence-corrected chi connectivity index (χ2v) is 8.41. The molecule has 0 saturated carbocycles. The summed E-state index contributed by atoms with van der Waals surface area (Å²) in [6.45, 7) is -0.359. The van der Waals surface area contributed by atoms with Crippen LogP contribution in [0.1, 0.15) is 44.0 Å². The van der Waals surface area contributed by atoms with Gasteiger partial charge in [-0.2, -0.15) is 0 Å².